The minimum absolute atomic E-state index is 0.0434. The molecule has 1 aliphatic carbocycles. The minimum Gasteiger partial charge on any atom is -0.389 e. The summed E-state index contributed by atoms with van der Waals surface area (Å²) in [5.41, 5.74) is 14.2. The molecule has 0 saturated carbocycles. The molecule has 4 heterocycles. The number of piperazine rings is 2. The normalized spacial score (nSPS) is 24.5. The number of anilines is 3. The van der Waals surface area contributed by atoms with Crippen molar-refractivity contribution in [2.45, 2.75) is 64.5 Å². The van der Waals surface area contributed by atoms with Gasteiger partial charge < -0.3 is 26.2 Å². The summed E-state index contributed by atoms with van der Waals surface area (Å²) in [6, 6.07) is 6.85. The van der Waals surface area contributed by atoms with Gasteiger partial charge in [-0.2, -0.15) is 10.3 Å². The van der Waals surface area contributed by atoms with Crippen LogP contribution in [0.25, 0.3) is 0 Å². The van der Waals surface area contributed by atoms with Crippen molar-refractivity contribution < 1.29 is 9.59 Å². The highest BCUT2D eigenvalue weighted by atomic mass is 32.1. The van der Waals surface area contributed by atoms with E-state index >= 15 is 0 Å². The monoisotopic (exact) mass is 617 g/mol. The van der Waals surface area contributed by atoms with Gasteiger partial charge in [0.1, 0.15) is 22.6 Å². The van der Waals surface area contributed by atoms with Crippen molar-refractivity contribution in [2.24, 2.45) is 10.7 Å². The van der Waals surface area contributed by atoms with Gasteiger partial charge in [-0.05, 0) is 58.7 Å². The van der Waals surface area contributed by atoms with E-state index in [9.17, 15) is 14.9 Å². The molecule has 3 aliphatic rings. The molecular weight excluding hydrogens is 574 g/mol. The number of fused-ring (bicyclic) bond motifs is 1. The number of nitrogens with two attached hydrogens (primary N) is 2. The van der Waals surface area contributed by atoms with E-state index in [1.807, 2.05) is 13.0 Å². The van der Waals surface area contributed by atoms with Crippen LogP contribution >= 0.6 is 11.3 Å². The Morgan fingerprint density at radius 3 is 2.50 bits per heavy atom. The van der Waals surface area contributed by atoms with Crippen molar-refractivity contribution in [3.8, 4) is 6.07 Å². The van der Waals surface area contributed by atoms with Crippen LogP contribution in [-0.2, 0) is 21.4 Å². The number of nitriles is 1. The number of hydrogen-bond acceptors (Lipinski definition) is 9. The summed E-state index contributed by atoms with van der Waals surface area (Å²) >= 11 is 1.38. The minimum atomic E-state index is -0.993. The number of pyridine rings is 1. The Hall–Kier alpha value is -3.95. The van der Waals surface area contributed by atoms with Crippen LogP contribution in [0.4, 0.5) is 16.5 Å². The summed E-state index contributed by atoms with van der Waals surface area (Å²) in [5.74, 6) is 0.362. The zero-order valence-corrected chi connectivity index (χ0v) is 27.0. The average molecular weight is 618 g/mol. The molecule has 2 saturated heterocycles. The molecule has 44 heavy (non-hydrogen) atoms. The van der Waals surface area contributed by atoms with Gasteiger partial charge in [0.05, 0.1) is 11.0 Å². The molecule has 2 amide bonds. The topological polar surface area (TPSA) is 148 Å². The molecule has 0 aromatic carbocycles. The average Bonchev–Trinajstić information content (AvgIpc) is 3.36. The number of aryl methyl sites for hydroxylation is 1. The molecule has 3 unspecified atom stereocenters. The number of carbonyl (C=O) groups is 2. The molecule has 2 fully saturated rings. The molecule has 0 bridgehead atoms. The summed E-state index contributed by atoms with van der Waals surface area (Å²) in [5, 5.41) is 10.3. The fraction of sp³-hybridized carbons (Fsp3) is 0.531. The van der Waals surface area contributed by atoms with Crippen LogP contribution in [0.5, 0.6) is 0 Å². The number of amides is 2. The fourth-order valence-electron chi connectivity index (χ4n) is 7.06. The lowest BCUT2D eigenvalue weighted by atomic mass is 9.72. The fourth-order valence-corrected chi connectivity index (χ4v) is 8.25. The molecule has 5 rings (SSSR count). The van der Waals surface area contributed by atoms with Crippen molar-refractivity contribution >= 4 is 45.5 Å². The second kappa shape index (κ2) is 12.6. The van der Waals surface area contributed by atoms with Crippen molar-refractivity contribution in [2.75, 3.05) is 61.3 Å². The Morgan fingerprint density at radius 1 is 1.20 bits per heavy atom. The van der Waals surface area contributed by atoms with Gasteiger partial charge in [0.2, 0.25) is 5.91 Å². The first-order valence-electron chi connectivity index (χ1n) is 15.4. The third-order valence-corrected chi connectivity index (χ3v) is 10.5. The second-order valence-corrected chi connectivity index (χ2v) is 13.4. The van der Waals surface area contributed by atoms with E-state index in [1.54, 1.807) is 4.90 Å². The number of amidine groups is 1. The molecule has 0 spiro atoms. The van der Waals surface area contributed by atoms with Crippen molar-refractivity contribution in [3.63, 3.8) is 0 Å². The molecule has 3 atom stereocenters. The van der Waals surface area contributed by atoms with Crippen LogP contribution < -0.4 is 21.3 Å². The molecule has 4 N–H and O–H groups in total. The predicted molar refractivity (Wildman–Crippen MR) is 176 cm³/mol. The van der Waals surface area contributed by atoms with E-state index in [-0.39, 0.29) is 11.7 Å². The maximum Gasteiger partial charge on any atom is 0.258 e. The van der Waals surface area contributed by atoms with Crippen LogP contribution in [0, 0.1) is 11.3 Å². The predicted octanol–water partition coefficient (Wildman–Crippen LogP) is 2.88. The largest absolute Gasteiger partial charge is 0.389 e. The first kappa shape index (κ1) is 31.5. The Kier molecular flexibility index (Phi) is 9.00. The number of aliphatic imine (C=N–C) groups is 1. The summed E-state index contributed by atoms with van der Waals surface area (Å²) in [6.45, 7) is 17.1. The van der Waals surface area contributed by atoms with Crippen LogP contribution in [0.15, 0.2) is 29.8 Å². The number of likely N-dealkylation sites (N-methyl/N-ethyl adjacent to an activating group) is 1. The Morgan fingerprint density at radius 2 is 1.89 bits per heavy atom. The number of rotatable bonds is 6. The Balaban J connectivity index is 1.50. The third-order valence-electron chi connectivity index (χ3n) is 9.43. The van der Waals surface area contributed by atoms with Gasteiger partial charge in [0.25, 0.3) is 5.91 Å². The van der Waals surface area contributed by atoms with Crippen LogP contribution in [-0.4, -0.2) is 90.3 Å². The van der Waals surface area contributed by atoms with Crippen LogP contribution in [0.1, 0.15) is 62.2 Å². The number of nitrogens with zero attached hydrogens (tertiary/aromatic N) is 7. The van der Waals surface area contributed by atoms with E-state index in [0.717, 1.165) is 48.9 Å². The highest BCUT2D eigenvalue weighted by Crippen LogP contribution is 2.46. The first-order chi connectivity index (χ1) is 21.0. The lowest BCUT2D eigenvalue weighted by Crippen LogP contribution is -2.56. The standard InChI is InChI=1S/C32H43N9O2S/c1-6-27(42)39-13-11-38(12-14-39)22-15-24(36-26(16-22)40-18-20(3)41(7-2)21(4)19-40)29(34)37-31(43)32(5)10-8-9-25-28(32)23(17-33)30(35)44-25/h6,15-16,20-21H,1,7-14,18-19,35H2,2-5H3,(H2,34,37,43). The van der Waals surface area contributed by atoms with E-state index in [0.29, 0.717) is 66.5 Å². The Labute approximate surface area is 263 Å². The maximum atomic E-state index is 13.9. The number of carbonyl (C=O) groups excluding carboxylic acids is 2. The van der Waals surface area contributed by atoms with Gasteiger partial charge >= 0.3 is 0 Å². The second-order valence-electron chi connectivity index (χ2n) is 12.3. The molecule has 2 aliphatic heterocycles. The molecule has 234 valence electrons. The molecule has 0 radical (unpaired) electrons. The highest BCUT2D eigenvalue weighted by molar-refractivity contribution is 7.16. The molecule has 2 aromatic rings. The summed E-state index contributed by atoms with van der Waals surface area (Å²) in [6.07, 6.45) is 3.50. The SMILES string of the molecule is C=CC(=O)N1CCN(c2cc(C(N)=NC(=O)C3(C)CCCc4sc(N)c(C#N)c43)nc(N3CC(C)N(CC)C(C)C3)c2)CC1. The first-order valence-corrected chi connectivity index (χ1v) is 16.2. The third kappa shape index (κ3) is 5.78. The smallest absolute Gasteiger partial charge is 0.258 e. The lowest BCUT2D eigenvalue weighted by Gasteiger charge is -2.44. The molecule has 12 heteroatoms. The highest BCUT2D eigenvalue weighted by Gasteiger charge is 2.43. The van der Waals surface area contributed by atoms with Gasteiger partial charge in [-0.15, -0.1) is 11.3 Å². The van der Waals surface area contributed by atoms with Gasteiger partial charge in [-0.1, -0.05) is 13.5 Å². The lowest BCUT2D eigenvalue weighted by molar-refractivity contribution is -0.126. The quantitative estimate of drug-likeness (QED) is 0.284. The summed E-state index contributed by atoms with van der Waals surface area (Å²) < 4.78 is 0. The van der Waals surface area contributed by atoms with E-state index in [2.05, 4.69) is 59.2 Å². The van der Waals surface area contributed by atoms with Crippen LogP contribution in [0.2, 0.25) is 0 Å². The van der Waals surface area contributed by atoms with Crippen molar-refractivity contribution in [1.82, 2.24) is 14.8 Å². The van der Waals surface area contributed by atoms with Gasteiger partial charge in [0.15, 0.2) is 5.84 Å². The van der Waals surface area contributed by atoms with Crippen molar-refractivity contribution in [3.05, 3.63) is 46.5 Å². The molecule has 11 nitrogen and oxygen atoms in total. The van der Waals surface area contributed by atoms with E-state index < -0.39 is 11.3 Å². The maximum absolute atomic E-state index is 13.9. The van der Waals surface area contributed by atoms with Gasteiger partial charge in [-0.3, -0.25) is 14.5 Å². The molecule has 2 aromatic heterocycles. The summed E-state index contributed by atoms with van der Waals surface area (Å²) in [7, 11) is 0. The summed E-state index contributed by atoms with van der Waals surface area (Å²) in [4.78, 5) is 45.2. The molecular formula is C32H43N9O2S. The number of thiophene rings is 1. The van der Waals surface area contributed by atoms with Gasteiger partial charge in [-0.25, -0.2) is 4.98 Å². The van der Waals surface area contributed by atoms with Crippen LogP contribution in [0.3, 0.4) is 0 Å². The Bertz CT molecular complexity index is 1510. The van der Waals surface area contributed by atoms with Crippen molar-refractivity contribution in [1.29, 1.82) is 5.26 Å². The number of hydrogen-bond donors (Lipinski definition) is 2. The number of aromatic nitrogens is 1. The number of nitrogen functional groups attached to an aromatic ring is 1. The van der Waals surface area contributed by atoms with Gasteiger partial charge in [0, 0.05) is 73.5 Å². The van der Waals surface area contributed by atoms with E-state index in [4.69, 9.17) is 16.5 Å². The zero-order valence-electron chi connectivity index (χ0n) is 26.2. The zero-order chi connectivity index (χ0) is 31.8. The van der Waals surface area contributed by atoms with E-state index in [1.165, 1.54) is 17.4 Å².